The molecule has 32 heavy (non-hydrogen) atoms. The fraction of sp³-hybridized carbons (Fsp3) is 0.167. The van der Waals surface area contributed by atoms with Crippen LogP contribution >= 0.6 is 11.6 Å². The number of hydrogen-bond acceptors (Lipinski definition) is 6. The topological polar surface area (TPSA) is 89.7 Å². The molecule has 0 bridgehead atoms. The van der Waals surface area contributed by atoms with Crippen molar-refractivity contribution in [3.05, 3.63) is 70.9 Å². The van der Waals surface area contributed by atoms with Gasteiger partial charge >= 0.3 is 0 Å². The Bertz CT molecular complexity index is 1140. The Morgan fingerprint density at radius 3 is 2.66 bits per heavy atom. The molecule has 0 aliphatic heterocycles. The highest BCUT2D eigenvalue weighted by Gasteiger charge is 2.15. The minimum atomic E-state index is -0.357. The lowest BCUT2D eigenvalue weighted by atomic mass is 10.1. The van der Waals surface area contributed by atoms with Gasteiger partial charge in [-0.25, -0.2) is 4.98 Å². The SMILES string of the molecule is COc1cc(N(C)c2ncccc2/C=C/C(=O)Nc2c(N)cccc2Cl)cc(C)c1OC. The summed E-state index contributed by atoms with van der Waals surface area (Å²) in [6, 6.07) is 12.6. The molecular formula is C24H25ClN4O3. The number of nitrogens with two attached hydrogens (primary N) is 1. The molecule has 0 saturated heterocycles. The van der Waals surface area contributed by atoms with Crippen molar-refractivity contribution in [3.8, 4) is 11.5 Å². The van der Waals surface area contributed by atoms with E-state index in [0.29, 0.717) is 33.7 Å². The number of nitrogen functional groups attached to an aromatic ring is 1. The van der Waals surface area contributed by atoms with Crippen LogP contribution < -0.4 is 25.4 Å². The van der Waals surface area contributed by atoms with Crippen LogP contribution in [0.3, 0.4) is 0 Å². The Kier molecular flexibility index (Phi) is 7.22. The van der Waals surface area contributed by atoms with Gasteiger partial charge in [-0.2, -0.15) is 0 Å². The fourth-order valence-corrected chi connectivity index (χ4v) is 3.50. The molecular weight excluding hydrogens is 428 g/mol. The first-order valence-corrected chi connectivity index (χ1v) is 10.2. The Labute approximate surface area is 192 Å². The molecule has 166 valence electrons. The van der Waals surface area contributed by atoms with Gasteiger partial charge < -0.3 is 25.4 Å². The lowest BCUT2D eigenvalue weighted by Gasteiger charge is -2.22. The number of rotatable bonds is 7. The number of ether oxygens (including phenoxy) is 2. The number of aryl methyl sites for hydroxylation is 1. The number of carbonyl (C=O) groups is 1. The highest BCUT2D eigenvalue weighted by Crippen LogP contribution is 2.37. The number of nitrogens with one attached hydrogen (secondary N) is 1. The summed E-state index contributed by atoms with van der Waals surface area (Å²) in [5.41, 5.74) is 9.22. The van der Waals surface area contributed by atoms with E-state index in [1.807, 2.05) is 37.1 Å². The van der Waals surface area contributed by atoms with Crippen molar-refractivity contribution in [1.82, 2.24) is 4.98 Å². The third-order valence-electron chi connectivity index (χ3n) is 4.88. The fourth-order valence-electron chi connectivity index (χ4n) is 3.28. The third kappa shape index (κ3) is 4.95. The van der Waals surface area contributed by atoms with Crippen LogP contribution in [0.4, 0.5) is 22.9 Å². The van der Waals surface area contributed by atoms with Gasteiger partial charge in [-0.15, -0.1) is 0 Å². The van der Waals surface area contributed by atoms with Gasteiger partial charge in [0.1, 0.15) is 5.82 Å². The van der Waals surface area contributed by atoms with Crippen molar-refractivity contribution in [3.63, 3.8) is 0 Å². The lowest BCUT2D eigenvalue weighted by molar-refractivity contribution is -0.111. The van der Waals surface area contributed by atoms with E-state index in [4.69, 9.17) is 26.8 Å². The highest BCUT2D eigenvalue weighted by atomic mass is 35.5. The highest BCUT2D eigenvalue weighted by molar-refractivity contribution is 6.34. The van der Waals surface area contributed by atoms with Crippen LogP contribution in [0.25, 0.3) is 6.08 Å². The molecule has 1 amide bonds. The van der Waals surface area contributed by atoms with Crippen LogP contribution in [0.15, 0.2) is 54.7 Å². The molecule has 1 heterocycles. The van der Waals surface area contributed by atoms with Crippen molar-refractivity contribution in [2.24, 2.45) is 0 Å². The lowest BCUT2D eigenvalue weighted by Crippen LogP contribution is -2.13. The molecule has 0 saturated carbocycles. The Morgan fingerprint density at radius 2 is 1.97 bits per heavy atom. The molecule has 3 rings (SSSR count). The van der Waals surface area contributed by atoms with Gasteiger partial charge in [-0.3, -0.25) is 4.79 Å². The molecule has 0 aliphatic rings. The number of halogens is 1. The van der Waals surface area contributed by atoms with Crippen molar-refractivity contribution < 1.29 is 14.3 Å². The molecule has 8 heteroatoms. The quantitative estimate of drug-likeness (QED) is 0.384. The van der Waals surface area contributed by atoms with E-state index < -0.39 is 0 Å². The zero-order valence-electron chi connectivity index (χ0n) is 18.3. The molecule has 0 spiro atoms. The monoisotopic (exact) mass is 452 g/mol. The second-order valence-corrected chi connectivity index (χ2v) is 7.41. The summed E-state index contributed by atoms with van der Waals surface area (Å²) >= 11 is 6.13. The largest absolute Gasteiger partial charge is 0.493 e. The van der Waals surface area contributed by atoms with Gasteiger partial charge in [-0.05, 0) is 48.9 Å². The molecule has 0 fully saturated rings. The first-order chi connectivity index (χ1) is 15.3. The molecule has 7 nitrogen and oxygen atoms in total. The van der Waals surface area contributed by atoms with Crippen LogP contribution in [-0.4, -0.2) is 32.2 Å². The normalized spacial score (nSPS) is 10.8. The number of carbonyl (C=O) groups excluding carboxylic acids is 1. The smallest absolute Gasteiger partial charge is 0.248 e. The molecule has 3 N–H and O–H groups in total. The number of nitrogens with zero attached hydrogens (tertiary/aromatic N) is 2. The molecule has 0 unspecified atom stereocenters. The number of amides is 1. The van der Waals surface area contributed by atoms with Crippen molar-refractivity contribution in [1.29, 1.82) is 0 Å². The summed E-state index contributed by atoms with van der Waals surface area (Å²) in [4.78, 5) is 18.9. The van der Waals surface area contributed by atoms with Gasteiger partial charge in [0.2, 0.25) is 5.91 Å². The molecule has 0 atom stereocenters. The Hall–Kier alpha value is -3.71. The first kappa shape index (κ1) is 23.0. The number of pyridine rings is 1. The van der Waals surface area contributed by atoms with E-state index in [0.717, 1.165) is 16.8 Å². The summed E-state index contributed by atoms with van der Waals surface area (Å²) in [6.07, 6.45) is 4.80. The summed E-state index contributed by atoms with van der Waals surface area (Å²) in [6.45, 7) is 1.95. The number of para-hydroxylation sites is 1. The summed E-state index contributed by atoms with van der Waals surface area (Å²) in [7, 11) is 5.10. The van der Waals surface area contributed by atoms with E-state index >= 15 is 0 Å². The summed E-state index contributed by atoms with van der Waals surface area (Å²) < 4.78 is 10.9. The van der Waals surface area contributed by atoms with Gasteiger partial charge in [0.15, 0.2) is 11.5 Å². The average Bonchev–Trinajstić information content (AvgIpc) is 2.79. The number of benzene rings is 2. The third-order valence-corrected chi connectivity index (χ3v) is 5.19. The van der Waals surface area contributed by atoms with Crippen LogP contribution in [0.5, 0.6) is 11.5 Å². The second-order valence-electron chi connectivity index (χ2n) is 7.00. The van der Waals surface area contributed by atoms with Gasteiger partial charge in [0, 0.05) is 36.6 Å². The van der Waals surface area contributed by atoms with Crippen molar-refractivity contribution in [2.45, 2.75) is 6.92 Å². The molecule has 2 aromatic carbocycles. The zero-order valence-corrected chi connectivity index (χ0v) is 19.1. The molecule has 0 aliphatic carbocycles. The average molecular weight is 453 g/mol. The molecule has 3 aromatic rings. The van der Waals surface area contributed by atoms with E-state index in [9.17, 15) is 4.79 Å². The van der Waals surface area contributed by atoms with Crippen molar-refractivity contribution >= 4 is 46.5 Å². The number of hydrogen-bond donors (Lipinski definition) is 2. The number of anilines is 4. The van der Waals surface area contributed by atoms with E-state index in [-0.39, 0.29) is 5.91 Å². The van der Waals surface area contributed by atoms with Gasteiger partial charge in [-0.1, -0.05) is 17.7 Å². The summed E-state index contributed by atoms with van der Waals surface area (Å²) in [5.74, 6) is 1.62. The van der Waals surface area contributed by atoms with Crippen LogP contribution in [0.2, 0.25) is 5.02 Å². The summed E-state index contributed by atoms with van der Waals surface area (Å²) in [5, 5.41) is 3.09. The predicted octanol–water partition coefficient (Wildman–Crippen LogP) is 5.06. The molecule has 1 aromatic heterocycles. The van der Waals surface area contributed by atoms with E-state index in [1.165, 1.54) is 6.08 Å². The number of methoxy groups -OCH3 is 2. The maximum atomic E-state index is 12.5. The Morgan fingerprint density at radius 1 is 1.19 bits per heavy atom. The van der Waals surface area contributed by atoms with Crippen LogP contribution in [0.1, 0.15) is 11.1 Å². The van der Waals surface area contributed by atoms with Crippen LogP contribution in [0, 0.1) is 6.92 Å². The maximum absolute atomic E-state index is 12.5. The standard InChI is InChI=1S/C24H25ClN4O3/c1-15-13-17(14-20(31-3)23(15)32-4)29(2)24-16(7-6-12-27-24)10-11-21(30)28-22-18(25)8-5-9-19(22)26/h5-14H,26H2,1-4H3,(H,28,30)/b11-10+. The minimum absolute atomic E-state index is 0.357. The van der Waals surface area contributed by atoms with Gasteiger partial charge in [0.25, 0.3) is 0 Å². The predicted molar refractivity (Wildman–Crippen MR) is 130 cm³/mol. The Balaban J connectivity index is 1.87. The first-order valence-electron chi connectivity index (χ1n) is 9.80. The van der Waals surface area contributed by atoms with E-state index in [2.05, 4.69) is 10.3 Å². The zero-order chi connectivity index (χ0) is 23.3. The van der Waals surface area contributed by atoms with Crippen LogP contribution in [-0.2, 0) is 4.79 Å². The second kappa shape index (κ2) is 10.1. The van der Waals surface area contributed by atoms with Crippen molar-refractivity contribution in [2.75, 3.05) is 37.2 Å². The molecule has 0 radical (unpaired) electrons. The van der Waals surface area contributed by atoms with E-state index in [1.54, 1.807) is 50.8 Å². The number of aromatic nitrogens is 1. The maximum Gasteiger partial charge on any atom is 0.248 e. The van der Waals surface area contributed by atoms with Gasteiger partial charge in [0.05, 0.1) is 30.6 Å². The minimum Gasteiger partial charge on any atom is -0.493 e.